The molecule has 0 fully saturated rings. The van der Waals surface area contributed by atoms with Crippen LogP contribution in [0, 0.1) is 6.58 Å². The van der Waals surface area contributed by atoms with Crippen molar-refractivity contribution in [1.29, 1.82) is 0 Å². The summed E-state index contributed by atoms with van der Waals surface area (Å²) in [5, 5.41) is 0. The fraction of sp³-hybridized carbons (Fsp3) is 0.333. The third-order valence-electron chi connectivity index (χ3n) is 0. The Balaban J connectivity index is -0.0000000200. The normalized spacial score (nSPS) is 2.60. The molecule has 0 saturated heterocycles. The van der Waals surface area contributed by atoms with Crippen LogP contribution in [-0.4, -0.2) is 0 Å². The van der Waals surface area contributed by atoms with Crippen molar-refractivity contribution in [2.24, 2.45) is 0 Å². The van der Waals surface area contributed by atoms with Gasteiger partial charge in [-0.3, -0.25) is 6.08 Å². The Hall–Kier alpha value is 0.935. The molecule has 0 rings (SSSR count). The molecule has 0 atom stereocenters. The van der Waals surface area contributed by atoms with Crippen LogP contribution in [0.4, 0.5) is 0 Å². The molecule has 18 valence electrons. The van der Waals surface area contributed by atoms with Gasteiger partial charge in [0.15, 0.2) is 0 Å². The number of rotatable bonds is 0. The molecule has 0 aliphatic carbocycles. The first-order valence-electron chi connectivity index (χ1n) is 0.911. The molecule has 0 amide bonds. The van der Waals surface area contributed by atoms with E-state index in [1.165, 1.54) is 6.08 Å². The molecule has 0 aliphatic rings. The number of allylic oxidation sites excluding steroid dienone is 1. The summed E-state index contributed by atoms with van der Waals surface area (Å²) in [7, 11) is 0. The average Bonchev–Trinajstić information content (AvgIpc) is 0.918. The van der Waals surface area contributed by atoms with Gasteiger partial charge in [0, 0.05) is 0 Å². The van der Waals surface area contributed by atoms with Gasteiger partial charge < -0.3 is 6.58 Å². The Morgan fingerprint density at radius 2 is 1.40 bits per heavy atom. The van der Waals surface area contributed by atoms with Gasteiger partial charge in [0.05, 0.1) is 0 Å². The smallest absolute Gasteiger partial charge is 0.518 e. The van der Waals surface area contributed by atoms with Gasteiger partial charge in [0.2, 0.25) is 0 Å². The number of hydrogen-bond acceptors (Lipinski definition) is 0. The minimum Gasteiger partial charge on any atom is -0.518 e. The van der Waals surface area contributed by atoms with E-state index in [4.69, 9.17) is 6.58 Å². The van der Waals surface area contributed by atoms with E-state index in [1.807, 2.05) is 0 Å². The van der Waals surface area contributed by atoms with Gasteiger partial charge in [-0.25, -0.2) is 0 Å². The SMILES string of the molecule is [CH-]=CC.[Li+].[Li+]. The van der Waals surface area contributed by atoms with E-state index in [0.29, 0.717) is 0 Å². The van der Waals surface area contributed by atoms with Crippen LogP contribution < -0.4 is 37.7 Å². The largest absolute Gasteiger partial charge is 1.00 e. The molecule has 0 spiro atoms. The molecule has 0 aromatic heterocycles. The summed E-state index contributed by atoms with van der Waals surface area (Å²) < 4.78 is 0. The predicted octanol–water partition coefficient (Wildman–Crippen LogP) is -5.00. The first kappa shape index (κ1) is 16.8. The Labute approximate surface area is 57.4 Å². The standard InChI is InChI=1S/C3H5.2Li/c1-3-2;;/h1,3H,2H3;;/q-1;2*+1. The molecule has 0 aliphatic heterocycles. The van der Waals surface area contributed by atoms with Gasteiger partial charge in [-0.15, -0.1) is 0 Å². The maximum Gasteiger partial charge on any atom is 1.00 e. The summed E-state index contributed by atoms with van der Waals surface area (Å²) in [4.78, 5) is 0. The summed E-state index contributed by atoms with van der Waals surface area (Å²) >= 11 is 0. The van der Waals surface area contributed by atoms with Gasteiger partial charge in [-0.2, -0.15) is 0 Å². The Bertz CT molecular complexity index is 12.4. The van der Waals surface area contributed by atoms with Crippen molar-refractivity contribution in [3.05, 3.63) is 12.7 Å². The summed E-state index contributed by atoms with van der Waals surface area (Å²) in [6.45, 7) is 6.50. The molecule has 0 bridgehead atoms. The summed E-state index contributed by atoms with van der Waals surface area (Å²) in [6.07, 6.45) is 1.50. The van der Waals surface area contributed by atoms with E-state index in [1.54, 1.807) is 6.92 Å². The second-order valence-corrected chi connectivity index (χ2v) is 0.333. The second kappa shape index (κ2) is 20.4. The van der Waals surface area contributed by atoms with Gasteiger partial charge >= 0.3 is 37.7 Å². The van der Waals surface area contributed by atoms with Crippen molar-refractivity contribution in [2.75, 3.05) is 0 Å². The molecular formula is C3H5Li2+. The Morgan fingerprint density at radius 3 is 1.40 bits per heavy atom. The van der Waals surface area contributed by atoms with Crippen molar-refractivity contribution < 1.29 is 37.7 Å². The quantitative estimate of drug-likeness (QED) is 0.192. The third kappa shape index (κ3) is 48.6. The molecule has 0 aromatic carbocycles. The molecule has 0 nitrogen and oxygen atoms in total. The molecule has 0 aromatic rings. The molecule has 5 heavy (non-hydrogen) atoms. The van der Waals surface area contributed by atoms with Crippen LogP contribution in [0.5, 0.6) is 0 Å². The minimum atomic E-state index is 0. The van der Waals surface area contributed by atoms with Crippen molar-refractivity contribution in [1.82, 2.24) is 0 Å². The van der Waals surface area contributed by atoms with Crippen LogP contribution in [0.3, 0.4) is 0 Å². The fourth-order valence-electron chi connectivity index (χ4n) is 0. The van der Waals surface area contributed by atoms with E-state index < -0.39 is 0 Å². The zero-order valence-corrected chi connectivity index (χ0v) is 4.15. The van der Waals surface area contributed by atoms with Gasteiger partial charge in [-0.1, -0.05) is 6.92 Å². The van der Waals surface area contributed by atoms with E-state index in [2.05, 4.69) is 0 Å². The van der Waals surface area contributed by atoms with Gasteiger partial charge in [-0.05, 0) is 0 Å². The zero-order valence-electron chi connectivity index (χ0n) is 4.15. The van der Waals surface area contributed by atoms with Gasteiger partial charge in [0.1, 0.15) is 0 Å². The monoisotopic (exact) mass is 55.1 g/mol. The van der Waals surface area contributed by atoms with Crippen LogP contribution in [0.25, 0.3) is 0 Å². The van der Waals surface area contributed by atoms with E-state index in [-0.39, 0.29) is 37.7 Å². The zero-order chi connectivity index (χ0) is 2.71. The van der Waals surface area contributed by atoms with Crippen molar-refractivity contribution in [3.63, 3.8) is 0 Å². The Morgan fingerprint density at radius 1 is 1.40 bits per heavy atom. The molecule has 0 heterocycles. The van der Waals surface area contributed by atoms with Gasteiger partial charge in [0.25, 0.3) is 0 Å². The van der Waals surface area contributed by atoms with Crippen LogP contribution in [-0.2, 0) is 0 Å². The van der Waals surface area contributed by atoms with E-state index in [9.17, 15) is 0 Å². The fourth-order valence-corrected chi connectivity index (χ4v) is 0. The third-order valence-corrected chi connectivity index (χ3v) is 0. The van der Waals surface area contributed by atoms with E-state index >= 15 is 0 Å². The molecular weight excluding hydrogens is 49.9 g/mol. The maximum atomic E-state index is 4.72. The Kier molecular flexibility index (Phi) is 68.5. The molecule has 0 unspecified atom stereocenters. The van der Waals surface area contributed by atoms with E-state index in [0.717, 1.165) is 0 Å². The number of hydrogen-bond donors (Lipinski definition) is 0. The van der Waals surface area contributed by atoms with Crippen LogP contribution in [0.2, 0.25) is 0 Å². The molecule has 0 saturated carbocycles. The summed E-state index contributed by atoms with van der Waals surface area (Å²) in [5.41, 5.74) is 0. The molecule has 2 heteroatoms. The van der Waals surface area contributed by atoms with Crippen molar-refractivity contribution in [2.45, 2.75) is 6.92 Å². The summed E-state index contributed by atoms with van der Waals surface area (Å²) in [6, 6.07) is 0. The van der Waals surface area contributed by atoms with Crippen molar-refractivity contribution in [3.8, 4) is 0 Å². The molecule has 0 N–H and O–H groups in total. The minimum absolute atomic E-state index is 0. The summed E-state index contributed by atoms with van der Waals surface area (Å²) in [5.74, 6) is 0. The predicted molar refractivity (Wildman–Crippen MR) is 14.5 cm³/mol. The topological polar surface area (TPSA) is 0 Å². The van der Waals surface area contributed by atoms with Crippen LogP contribution in [0.15, 0.2) is 6.08 Å². The molecule has 0 radical (unpaired) electrons. The maximum absolute atomic E-state index is 4.72. The van der Waals surface area contributed by atoms with Crippen LogP contribution >= 0.6 is 0 Å². The second-order valence-electron chi connectivity index (χ2n) is 0.333. The first-order valence-corrected chi connectivity index (χ1v) is 0.911. The first-order chi connectivity index (χ1) is 1.41. The average molecular weight is 55.0 g/mol. The van der Waals surface area contributed by atoms with Crippen molar-refractivity contribution >= 4 is 0 Å². The van der Waals surface area contributed by atoms with Crippen LogP contribution in [0.1, 0.15) is 6.92 Å².